The summed E-state index contributed by atoms with van der Waals surface area (Å²) >= 11 is 0. The molecule has 6 nitrogen and oxygen atoms in total. The molecule has 0 spiro atoms. The Bertz CT molecular complexity index is 470. The van der Waals surface area contributed by atoms with Gasteiger partial charge in [-0.15, -0.1) is 0 Å². The molecule has 0 unspecified atom stereocenters. The normalized spacial score (nSPS) is 16.5. The van der Waals surface area contributed by atoms with Gasteiger partial charge in [-0.3, -0.25) is 15.1 Å². The van der Waals surface area contributed by atoms with Crippen molar-refractivity contribution >= 4 is 5.69 Å². The predicted molar refractivity (Wildman–Crippen MR) is 71.0 cm³/mol. The van der Waals surface area contributed by atoms with Crippen molar-refractivity contribution in [2.24, 2.45) is 0 Å². The molecule has 2 heterocycles. The lowest BCUT2D eigenvalue weighted by Gasteiger charge is -2.23. The van der Waals surface area contributed by atoms with Crippen LogP contribution in [-0.4, -0.2) is 29.1 Å². The summed E-state index contributed by atoms with van der Waals surface area (Å²) < 4.78 is 5.80. The molecule has 0 aromatic carbocycles. The van der Waals surface area contributed by atoms with E-state index in [0.717, 1.165) is 25.9 Å². The Kier molecular flexibility index (Phi) is 4.44. The summed E-state index contributed by atoms with van der Waals surface area (Å²) in [5.41, 5.74) is 2.02. The van der Waals surface area contributed by atoms with E-state index in [4.69, 9.17) is 4.74 Å². The molecule has 0 radical (unpaired) electrons. The van der Waals surface area contributed by atoms with Crippen LogP contribution in [0.2, 0.25) is 0 Å². The lowest BCUT2D eigenvalue weighted by molar-refractivity contribution is -0.386. The molecule has 1 fully saturated rings. The Morgan fingerprint density at radius 3 is 2.79 bits per heavy atom. The van der Waals surface area contributed by atoms with Gasteiger partial charge in [0.15, 0.2) is 0 Å². The Labute approximate surface area is 112 Å². The maximum absolute atomic E-state index is 11.0. The molecule has 0 bridgehead atoms. The van der Waals surface area contributed by atoms with Gasteiger partial charge < -0.3 is 10.1 Å². The molecule has 1 aromatic heterocycles. The highest BCUT2D eigenvalue weighted by Gasteiger charge is 2.20. The van der Waals surface area contributed by atoms with Crippen molar-refractivity contribution in [1.82, 2.24) is 10.3 Å². The van der Waals surface area contributed by atoms with Crippen molar-refractivity contribution in [2.75, 3.05) is 13.1 Å². The third-order valence-electron chi connectivity index (χ3n) is 3.50. The first kappa shape index (κ1) is 13.9. The minimum absolute atomic E-state index is 0.152. The van der Waals surface area contributed by atoms with Crippen LogP contribution in [0, 0.1) is 24.0 Å². The Morgan fingerprint density at radius 1 is 1.47 bits per heavy atom. The monoisotopic (exact) mass is 265 g/mol. The number of aromatic nitrogens is 1. The van der Waals surface area contributed by atoms with Crippen LogP contribution in [-0.2, 0) is 11.3 Å². The third kappa shape index (κ3) is 3.27. The van der Waals surface area contributed by atoms with Crippen LogP contribution in [0.5, 0.6) is 0 Å². The van der Waals surface area contributed by atoms with Crippen LogP contribution >= 0.6 is 0 Å². The highest BCUT2D eigenvalue weighted by atomic mass is 16.6. The van der Waals surface area contributed by atoms with E-state index in [-0.39, 0.29) is 16.7 Å². The van der Waals surface area contributed by atoms with Gasteiger partial charge in [0.25, 0.3) is 5.69 Å². The molecule has 0 amide bonds. The molecule has 104 valence electrons. The average Bonchev–Trinajstić information content (AvgIpc) is 2.38. The van der Waals surface area contributed by atoms with E-state index in [1.165, 1.54) is 0 Å². The maximum Gasteiger partial charge on any atom is 0.278 e. The number of ether oxygens (including phenoxy) is 1. The summed E-state index contributed by atoms with van der Waals surface area (Å²) in [6, 6.07) is 0. The molecule has 1 aliphatic rings. The fourth-order valence-electron chi connectivity index (χ4n) is 2.35. The number of hydrogen-bond donors (Lipinski definition) is 1. The molecule has 1 saturated heterocycles. The van der Waals surface area contributed by atoms with Crippen molar-refractivity contribution in [1.29, 1.82) is 0 Å². The Morgan fingerprint density at radius 2 is 2.16 bits per heavy atom. The average molecular weight is 265 g/mol. The van der Waals surface area contributed by atoms with Gasteiger partial charge in [0, 0.05) is 11.8 Å². The smallest absolute Gasteiger partial charge is 0.278 e. The minimum Gasteiger partial charge on any atom is -0.372 e. The molecule has 0 atom stereocenters. The molecule has 0 saturated carbocycles. The number of piperidine rings is 1. The first-order valence-corrected chi connectivity index (χ1v) is 6.51. The van der Waals surface area contributed by atoms with Gasteiger partial charge in [-0.2, -0.15) is 0 Å². The Hall–Kier alpha value is -1.53. The van der Waals surface area contributed by atoms with E-state index in [1.54, 1.807) is 20.0 Å². The second-order valence-electron chi connectivity index (χ2n) is 4.88. The van der Waals surface area contributed by atoms with Crippen molar-refractivity contribution in [3.8, 4) is 0 Å². The van der Waals surface area contributed by atoms with Gasteiger partial charge in [0.05, 0.1) is 28.9 Å². The molecule has 0 aliphatic carbocycles. The van der Waals surface area contributed by atoms with E-state index >= 15 is 0 Å². The summed E-state index contributed by atoms with van der Waals surface area (Å²) in [5.74, 6) is 0. The van der Waals surface area contributed by atoms with E-state index < -0.39 is 0 Å². The summed E-state index contributed by atoms with van der Waals surface area (Å²) in [5, 5.41) is 14.3. The van der Waals surface area contributed by atoms with Gasteiger partial charge in [-0.05, 0) is 39.8 Å². The predicted octanol–water partition coefficient (Wildman–Crippen LogP) is 1.88. The highest BCUT2D eigenvalue weighted by molar-refractivity contribution is 5.47. The van der Waals surface area contributed by atoms with Crippen LogP contribution in [0.4, 0.5) is 5.69 Å². The number of nitrogens with zero attached hydrogens (tertiary/aromatic N) is 2. The lowest BCUT2D eigenvalue weighted by atomic mass is 10.1. The first-order chi connectivity index (χ1) is 9.09. The van der Waals surface area contributed by atoms with Crippen molar-refractivity contribution in [3.05, 3.63) is 33.1 Å². The number of nitro groups is 1. The van der Waals surface area contributed by atoms with Crippen LogP contribution in [0.1, 0.15) is 29.7 Å². The second kappa shape index (κ2) is 6.08. The highest BCUT2D eigenvalue weighted by Crippen LogP contribution is 2.25. The largest absolute Gasteiger partial charge is 0.372 e. The summed E-state index contributed by atoms with van der Waals surface area (Å²) in [6.45, 7) is 5.71. The van der Waals surface area contributed by atoms with Crippen LogP contribution in [0.3, 0.4) is 0 Å². The zero-order valence-corrected chi connectivity index (χ0v) is 11.3. The van der Waals surface area contributed by atoms with Crippen molar-refractivity contribution < 1.29 is 9.66 Å². The quantitative estimate of drug-likeness (QED) is 0.664. The van der Waals surface area contributed by atoms with Gasteiger partial charge in [-0.25, -0.2) is 0 Å². The van der Waals surface area contributed by atoms with Crippen molar-refractivity contribution in [3.63, 3.8) is 0 Å². The third-order valence-corrected chi connectivity index (χ3v) is 3.50. The second-order valence-corrected chi connectivity index (χ2v) is 4.88. The number of rotatable bonds is 4. The summed E-state index contributed by atoms with van der Waals surface area (Å²) in [4.78, 5) is 14.9. The van der Waals surface area contributed by atoms with E-state index in [0.29, 0.717) is 23.4 Å². The van der Waals surface area contributed by atoms with Crippen LogP contribution in [0.15, 0.2) is 6.20 Å². The lowest BCUT2D eigenvalue weighted by Crippen LogP contribution is -2.32. The molecule has 1 aromatic rings. The summed E-state index contributed by atoms with van der Waals surface area (Å²) in [6.07, 6.45) is 3.73. The van der Waals surface area contributed by atoms with Crippen LogP contribution < -0.4 is 5.32 Å². The minimum atomic E-state index is -0.347. The molecular weight excluding hydrogens is 246 g/mol. The zero-order valence-electron chi connectivity index (χ0n) is 11.3. The molecule has 2 rings (SSSR count). The van der Waals surface area contributed by atoms with Gasteiger partial charge in [0.1, 0.15) is 0 Å². The topological polar surface area (TPSA) is 77.3 Å². The molecule has 19 heavy (non-hydrogen) atoms. The van der Waals surface area contributed by atoms with Gasteiger partial charge in [-0.1, -0.05) is 0 Å². The van der Waals surface area contributed by atoms with E-state index in [2.05, 4.69) is 10.3 Å². The first-order valence-electron chi connectivity index (χ1n) is 6.51. The number of nitrogens with one attached hydrogen (secondary N) is 1. The van der Waals surface area contributed by atoms with Crippen molar-refractivity contribution in [2.45, 2.75) is 39.4 Å². The number of hydrogen-bond acceptors (Lipinski definition) is 5. The van der Waals surface area contributed by atoms with Gasteiger partial charge in [0.2, 0.25) is 0 Å². The fourth-order valence-corrected chi connectivity index (χ4v) is 2.35. The summed E-state index contributed by atoms with van der Waals surface area (Å²) in [7, 11) is 0. The van der Waals surface area contributed by atoms with E-state index in [1.807, 2.05) is 0 Å². The van der Waals surface area contributed by atoms with E-state index in [9.17, 15) is 10.1 Å². The fraction of sp³-hybridized carbons (Fsp3) is 0.615. The molecule has 1 aliphatic heterocycles. The Balaban J connectivity index is 2.08. The maximum atomic E-state index is 11.0. The molecule has 6 heteroatoms. The SMILES string of the molecule is Cc1cnc(COC2CCNCC2)c(C)c1[N+](=O)[O-]. The standard InChI is InChI=1S/C13H19N3O3/c1-9-7-15-12(10(2)13(9)16(17)18)8-19-11-3-5-14-6-4-11/h7,11,14H,3-6,8H2,1-2H3. The number of aryl methyl sites for hydroxylation is 1. The number of pyridine rings is 1. The molecule has 1 N–H and O–H groups in total. The van der Waals surface area contributed by atoms with Crippen LogP contribution in [0.25, 0.3) is 0 Å². The zero-order chi connectivity index (χ0) is 13.8. The molecular formula is C13H19N3O3. The van der Waals surface area contributed by atoms with Gasteiger partial charge >= 0.3 is 0 Å².